The highest BCUT2D eigenvalue weighted by atomic mass is 35.5. The van der Waals surface area contributed by atoms with Crippen LogP contribution < -0.4 is 14.4 Å². The molecule has 0 aliphatic rings. The molecular formula is C24H20ClN3O4. The third-order valence-electron chi connectivity index (χ3n) is 5.25. The molecule has 4 rings (SSSR count). The van der Waals surface area contributed by atoms with Gasteiger partial charge < -0.3 is 19.5 Å². The second-order valence-electron chi connectivity index (χ2n) is 7.05. The van der Waals surface area contributed by atoms with Crippen LogP contribution in [0, 0.1) is 0 Å². The van der Waals surface area contributed by atoms with E-state index in [-0.39, 0.29) is 5.56 Å². The van der Waals surface area contributed by atoms with Crippen LogP contribution in [0.25, 0.3) is 22.0 Å². The zero-order valence-electron chi connectivity index (χ0n) is 17.7. The topological polar surface area (TPSA) is 84.8 Å². The Labute approximate surface area is 189 Å². The van der Waals surface area contributed by atoms with E-state index in [9.17, 15) is 9.90 Å². The van der Waals surface area contributed by atoms with Gasteiger partial charge >= 0.3 is 5.97 Å². The van der Waals surface area contributed by atoms with Gasteiger partial charge in [0.2, 0.25) is 0 Å². The molecule has 0 radical (unpaired) electrons. The van der Waals surface area contributed by atoms with Gasteiger partial charge in [-0.15, -0.1) is 0 Å². The van der Waals surface area contributed by atoms with Crippen molar-refractivity contribution < 1.29 is 19.4 Å². The molecule has 0 aliphatic carbocycles. The van der Waals surface area contributed by atoms with Gasteiger partial charge in [0.25, 0.3) is 0 Å². The number of halogens is 1. The minimum atomic E-state index is -1.03. The maximum Gasteiger partial charge on any atom is 0.336 e. The third kappa shape index (κ3) is 3.90. The Bertz CT molecular complexity index is 1330. The number of carbonyl (C=O) groups is 1. The van der Waals surface area contributed by atoms with E-state index in [0.29, 0.717) is 33.2 Å². The molecule has 1 N–H and O–H groups in total. The molecule has 0 saturated heterocycles. The van der Waals surface area contributed by atoms with E-state index in [1.807, 2.05) is 48.3 Å². The molecule has 7 nitrogen and oxygen atoms in total. The first kappa shape index (κ1) is 21.4. The Hall–Kier alpha value is -3.84. The van der Waals surface area contributed by atoms with Crippen LogP contribution >= 0.6 is 11.6 Å². The molecule has 8 heteroatoms. The molecule has 0 spiro atoms. The van der Waals surface area contributed by atoms with Crippen molar-refractivity contribution in [2.24, 2.45) is 0 Å². The predicted octanol–water partition coefficient (Wildman–Crippen LogP) is 5.43. The Kier molecular flexibility index (Phi) is 5.83. The van der Waals surface area contributed by atoms with Crippen molar-refractivity contribution in [3.63, 3.8) is 0 Å². The summed E-state index contributed by atoms with van der Waals surface area (Å²) in [6.45, 7) is 0. The number of anilines is 2. The van der Waals surface area contributed by atoms with Crippen molar-refractivity contribution in [3.05, 3.63) is 71.4 Å². The van der Waals surface area contributed by atoms with Crippen molar-refractivity contribution >= 4 is 39.8 Å². The van der Waals surface area contributed by atoms with Crippen molar-refractivity contribution in [3.8, 4) is 22.6 Å². The number of benzene rings is 3. The standard InChI is InChI=1S/C24H20ClN3O4/c1-28(21-9-6-16(31-2)12-23(21)32-3)22-13-26-27-20-10-14(4-7-18(20)22)19-11-15(25)5-8-17(19)24(29)30/h4-13H,1-3H3,(H,29,30). The number of rotatable bonds is 6. The van der Waals surface area contributed by atoms with Crippen LogP contribution in [0.1, 0.15) is 10.4 Å². The molecule has 0 amide bonds. The molecule has 0 saturated carbocycles. The van der Waals surface area contributed by atoms with E-state index in [0.717, 1.165) is 16.8 Å². The van der Waals surface area contributed by atoms with Crippen LogP contribution in [0.15, 0.2) is 60.8 Å². The number of aromatic carboxylic acids is 1. The number of methoxy groups -OCH3 is 2. The van der Waals surface area contributed by atoms with Gasteiger partial charge in [0.1, 0.15) is 11.5 Å². The van der Waals surface area contributed by atoms with Gasteiger partial charge in [0, 0.05) is 23.5 Å². The lowest BCUT2D eigenvalue weighted by Gasteiger charge is -2.23. The van der Waals surface area contributed by atoms with E-state index >= 15 is 0 Å². The molecule has 162 valence electrons. The maximum atomic E-state index is 11.7. The summed E-state index contributed by atoms with van der Waals surface area (Å²) in [5.74, 6) is 0.318. The number of carboxylic acids is 1. The molecule has 0 unspecified atom stereocenters. The number of fused-ring (bicyclic) bond motifs is 1. The van der Waals surface area contributed by atoms with E-state index in [1.54, 1.807) is 32.5 Å². The lowest BCUT2D eigenvalue weighted by atomic mass is 9.98. The fourth-order valence-corrected chi connectivity index (χ4v) is 3.79. The first-order valence-electron chi connectivity index (χ1n) is 9.67. The molecule has 0 aliphatic heterocycles. The van der Waals surface area contributed by atoms with E-state index in [2.05, 4.69) is 10.2 Å². The maximum absolute atomic E-state index is 11.7. The summed E-state index contributed by atoms with van der Waals surface area (Å²) in [5, 5.41) is 19.3. The van der Waals surface area contributed by atoms with Crippen molar-refractivity contribution in [2.75, 3.05) is 26.2 Å². The smallest absolute Gasteiger partial charge is 0.336 e. The molecule has 4 aromatic rings. The van der Waals surface area contributed by atoms with Gasteiger partial charge in [0.05, 0.1) is 42.9 Å². The van der Waals surface area contributed by atoms with Gasteiger partial charge in [-0.05, 0) is 53.6 Å². The Morgan fingerprint density at radius 3 is 2.53 bits per heavy atom. The minimum absolute atomic E-state index is 0.165. The summed E-state index contributed by atoms with van der Waals surface area (Å²) in [6, 6.07) is 15.8. The van der Waals surface area contributed by atoms with E-state index in [1.165, 1.54) is 6.07 Å². The number of ether oxygens (including phenoxy) is 2. The van der Waals surface area contributed by atoms with E-state index < -0.39 is 5.97 Å². The summed E-state index contributed by atoms with van der Waals surface area (Å²) in [7, 11) is 5.12. The van der Waals surface area contributed by atoms with Gasteiger partial charge in [-0.2, -0.15) is 10.2 Å². The highest BCUT2D eigenvalue weighted by Gasteiger charge is 2.17. The van der Waals surface area contributed by atoms with Crippen molar-refractivity contribution in [2.45, 2.75) is 0 Å². The largest absolute Gasteiger partial charge is 0.497 e. The monoisotopic (exact) mass is 449 g/mol. The van der Waals surface area contributed by atoms with Gasteiger partial charge in [-0.25, -0.2) is 4.79 Å². The van der Waals surface area contributed by atoms with Gasteiger partial charge in [-0.3, -0.25) is 0 Å². The number of hydrogen-bond donors (Lipinski definition) is 1. The zero-order valence-corrected chi connectivity index (χ0v) is 18.4. The summed E-state index contributed by atoms with van der Waals surface area (Å²) in [6.07, 6.45) is 1.67. The molecular weight excluding hydrogens is 430 g/mol. The number of carboxylic acid groups (broad SMARTS) is 1. The van der Waals surface area contributed by atoms with Crippen molar-refractivity contribution in [1.82, 2.24) is 10.2 Å². The summed E-state index contributed by atoms with van der Waals surface area (Å²) in [5.41, 5.74) is 3.63. The first-order valence-corrected chi connectivity index (χ1v) is 10.0. The van der Waals surface area contributed by atoms with Crippen LogP contribution in [-0.2, 0) is 0 Å². The normalized spacial score (nSPS) is 10.8. The lowest BCUT2D eigenvalue weighted by molar-refractivity contribution is 0.0697. The van der Waals surface area contributed by atoms with Crippen LogP contribution in [0.5, 0.6) is 11.5 Å². The molecule has 32 heavy (non-hydrogen) atoms. The van der Waals surface area contributed by atoms with Crippen LogP contribution in [-0.4, -0.2) is 42.5 Å². The third-order valence-corrected chi connectivity index (χ3v) is 5.49. The van der Waals surface area contributed by atoms with Crippen LogP contribution in [0.2, 0.25) is 5.02 Å². The van der Waals surface area contributed by atoms with Gasteiger partial charge in [-0.1, -0.05) is 17.7 Å². The second kappa shape index (κ2) is 8.72. The molecule has 1 heterocycles. The van der Waals surface area contributed by atoms with Crippen LogP contribution in [0.3, 0.4) is 0 Å². The fourth-order valence-electron chi connectivity index (χ4n) is 3.61. The molecule has 3 aromatic carbocycles. The number of nitrogens with zero attached hydrogens (tertiary/aromatic N) is 3. The SMILES string of the molecule is COc1ccc(N(C)c2cnnc3cc(-c4cc(Cl)ccc4C(=O)O)ccc23)c(OC)c1. The Morgan fingerprint density at radius 2 is 1.81 bits per heavy atom. The van der Waals surface area contributed by atoms with Crippen molar-refractivity contribution in [1.29, 1.82) is 0 Å². The van der Waals surface area contributed by atoms with Crippen LogP contribution in [0.4, 0.5) is 11.4 Å². The summed E-state index contributed by atoms with van der Waals surface area (Å²) in [4.78, 5) is 13.6. The summed E-state index contributed by atoms with van der Waals surface area (Å²) < 4.78 is 10.8. The fraction of sp³-hybridized carbons (Fsp3) is 0.125. The average Bonchev–Trinajstić information content (AvgIpc) is 2.82. The molecule has 0 bridgehead atoms. The molecule has 0 fully saturated rings. The van der Waals surface area contributed by atoms with Gasteiger partial charge in [0.15, 0.2) is 0 Å². The predicted molar refractivity (Wildman–Crippen MR) is 125 cm³/mol. The first-order chi connectivity index (χ1) is 15.4. The summed E-state index contributed by atoms with van der Waals surface area (Å²) >= 11 is 6.13. The number of hydrogen-bond acceptors (Lipinski definition) is 6. The quantitative estimate of drug-likeness (QED) is 0.420. The average molecular weight is 450 g/mol. The number of aromatic nitrogens is 2. The minimum Gasteiger partial charge on any atom is -0.497 e. The Morgan fingerprint density at radius 1 is 1.00 bits per heavy atom. The zero-order chi connectivity index (χ0) is 22.8. The molecule has 0 atom stereocenters. The lowest BCUT2D eigenvalue weighted by Crippen LogP contribution is -2.12. The second-order valence-corrected chi connectivity index (χ2v) is 7.49. The Balaban J connectivity index is 1.82. The van der Waals surface area contributed by atoms with E-state index in [4.69, 9.17) is 21.1 Å². The highest BCUT2D eigenvalue weighted by molar-refractivity contribution is 6.31. The molecule has 1 aromatic heterocycles. The highest BCUT2D eigenvalue weighted by Crippen LogP contribution is 2.38.